The first kappa shape index (κ1) is 17.2. The molecule has 6 N–H and O–H groups in total. The van der Waals surface area contributed by atoms with Gasteiger partial charge in [0.05, 0.1) is 18.1 Å². The van der Waals surface area contributed by atoms with Gasteiger partial charge in [0.25, 0.3) is 0 Å². The summed E-state index contributed by atoms with van der Waals surface area (Å²) in [4.78, 5) is 8.22. The van der Waals surface area contributed by atoms with Crippen LogP contribution >= 0.6 is 0 Å². The van der Waals surface area contributed by atoms with Crippen LogP contribution < -0.4 is 11.1 Å². The number of aliphatic hydroxyl groups is 3. The van der Waals surface area contributed by atoms with Crippen molar-refractivity contribution >= 4 is 17.5 Å². The summed E-state index contributed by atoms with van der Waals surface area (Å²) in [5.41, 5.74) is 6.64. The lowest BCUT2D eigenvalue weighted by molar-refractivity contribution is 0.0136. The van der Waals surface area contributed by atoms with Crippen LogP contribution in [-0.4, -0.2) is 43.5 Å². The number of imidazole rings is 1. The second kappa shape index (κ2) is 6.70. The van der Waals surface area contributed by atoms with Gasteiger partial charge in [-0.1, -0.05) is 14.0 Å². The lowest BCUT2D eigenvalue weighted by Crippen LogP contribution is -2.32. The molecule has 1 aromatic rings. The summed E-state index contributed by atoms with van der Waals surface area (Å²) in [5.74, 6) is 0.140. The first-order valence-electron chi connectivity index (χ1n) is 6.28. The molecule has 0 amide bonds. The van der Waals surface area contributed by atoms with Gasteiger partial charge in [0.15, 0.2) is 11.8 Å². The largest absolute Gasteiger partial charge is 0.396 e. The predicted octanol–water partition coefficient (Wildman–Crippen LogP) is -0.0904. The molecular weight excluding hydrogens is 274 g/mol. The number of aromatic nitrogens is 2. The van der Waals surface area contributed by atoms with Gasteiger partial charge in [-0.2, -0.15) is 4.99 Å². The Morgan fingerprint density at radius 3 is 2.71 bits per heavy atom. The van der Waals surface area contributed by atoms with E-state index in [4.69, 9.17) is 5.73 Å². The first-order valence-corrected chi connectivity index (χ1v) is 6.28. The fourth-order valence-corrected chi connectivity index (χ4v) is 2.06. The molecule has 1 aromatic heterocycles. The molecule has 3 unspecified atom stereocenters. The Hall–Kier alpha value is -1.90. The maximum absolute atomic E-state index is 10.2. The highest BCUT2D eigenvalue weighted by atomic mass is 16.3. The Bertz CT molecular complexity index is 538. The van der Waals surface area contributed by atoms with E-state index in [1.807, 2.05) is 0 Å². The van der Waals surface area contributed by atoms with Gasteiger partial charge in [-0.15, -0.1) is 0 Å². The number of rotatable bonds is 5. The molecule has 21 heavy (non-hydrogen) atoms. The average Bonchev–Trinajstić information content (AvgIpc) is 2.79. The van der Waals surface area contributed by atoms with Crippen molar-refractivity contribution in [1.82, 2.24) is 14.9 Å². The topological polar surface area (TPSA) is 129 Å². The number of aliphatic imine (C=N–C) groups is 1. The molecular formula is C13H23N5O3. The molecule has 8 heteroatoms. The molecule has 0 aromatic carbocycles. The molecule has 0 aliphatic carbocycles. The fraction of sp³-hybridized carbons (Fsp3) is 0.538. The van der Waals surface area contributed by atoms with Gasteiger partial charge in [0.2, 0.25) is 0 Å². The summed E-state index contributed by atoms with van der Waals surface area (Å²) < 4.78 is 1.44. The van der Waals surface area contributed by atoms with Crippen LogP contribution in [0.3, 0.4) is 0 Å². The maximum atomic E-state index is 10.2. The van der Waals surface area contributed by atoms with E-state index in [1.165, 1.54) is 10.9 Å². The first-order chi connectivity index (χ1) is 9.43. The van der Waals surface area contributed by atoms with Crippen LogP contribution in [0.4, 0.5) is 5.82 Å². The van der Waals surface area contributed by atoms with Gasteiger partial charge < -0.3 is 26.4 Å². The van der Waals surface area contributed by atoms with Crippen molar-refractivity contribution in [1.29, 1.82) is 0 Å². The Balaban J connectivity index is 0.00000220. The smallest absolute Gasteiger partial charge is 0.199 e. The van der Waals surface area contributed by atoms with Crippen LogP contribution in [0.5, 0.6) is 0 Å². The SMILES string of the molecule is C.C=C1NC(N)=Nc2c1ncn2C(O)CC(CO)C(C)O. The standard InChI is InChI=1S/C12H19N5O3.CH4/c1-6-10-11(16-12(13)15-6)17(5-14-10)9(20)3-8(4-18)7(2)19;/h5,7-9,18-20H,1,3-4H2,2H3,(H3,13,15,16);1H4. The van der Waals surface area contributed by atoms with Crippen molar-refractivity contribution in [2.45, 2.75) is 33.1 Å². The van der Waals surface area contributed by atoms with Crippen LogP contribution in [0.2, 0.25) is 0 Å². The second-order valence-corrected chi connectivity index (χ2v) is 4.82. The Morgan fingerprint density at radius 2 is 2.14 bits per heavy atom. The fourth-order valence-electron chi connectivity index (χ4n) is 2.06. The van der Waals surface area contributed by atoms with Gasteiger partial charge in [0.1, 0.15) is 11.9 Å². The van der Waals surface area contributed by atoms with E-state index in [0.717, 1.165) is 0 Å². The molecule has 2 heterocycles. The van der Waals surface area contributed by atoms with E-state index in [2.05, 4.69) is 21.9 Å². The molecule has 0 fully saturated rings. The lowest BCUT2D eigenvalue weighted by Gasteiger charge is -2.23. The number of aliphatic hydroxyl groups excluding tert-OH is 3. The molecule has 2 rings (SSSR count). The van der Waals surface area contributed by atoms with Crippen LogP contribution in [-0.2, 0) is 0 Å². The number of hydrogen-bond acceptors (Lipinski definition) is 7. The number of guanidine groups is 1. The number of nitrogens with zero attached hydrogens (tertiary/aromatic N) is 3. The molecule has 8 nitrogen and oxygen atoms in total. The number of nitrogens with two attached hydrogens (primary N) is 1. The molecule has 0 saturated heterocycles. The highest BCUT2D eigenvalue weighted by molar-refractivity contribution is 5.93. The maximum Gasteiger partial charge on any atom is 0.199 e. The summed E-state index contributed by atoms with van der Waals surface area (Å²) >= 11 is 0. The van der Waals surface area contributed by atoms with Crippen molar-refractivity contribution in [2.24, 2.45) is 16.6 Å². The zero-order chi connectivity index (χ0) is 14.9. The summed E-state index contributed by atoms with van der Waals surface area (Å²) in [5, 5.41) is 31.7. The summed E-state index contributed by atoms with van der Waals surface area (Å²) in [7, 11) is 0. The molecule has 118 valence electrons. The van der Waals surface area contributed by atoms with E-state index in [-0.39, 0.29) is 26.4 Å². The van der Waals surface area contributed by atoms with Gasteiger partial charge in [0, 0.05) is 12.5 Å². The molecule has 1 aliphatic heterocycles. The molecule has 1 aliphatic rings. The van der Waals surface area contributed by atoms with Gasteiger partial charge in [-0.05, 0) is 13.3 Å². The molecule has 3 atom stereocenters. The van der Waals surface area contributed by atoms with Crippen molar-refractivity contribution < 1.29 is 15.3 Å². The van der Waals surface area contributed by atoms with Crippen molar-refractivity contribution in [3.63, 3.8) is 0 Å². The van der Waals surface area contributed by atoms with Gasteiger partial charge in [-0.3, -0.25) is 4.57 Å². The Labute approximate surface area is 123 Å². The minimum absolute atomic E-state index is 0. The van der Waals surface area contributed by atoms with Crippen LogP contribution in [0.1, 0.15) is 32.7 Å². The Kier molecular flexibility index (Phi) is 5.47. The van der Waals surface area contributed by atoms with E-state index in [1.54, 1.807) is 6.92 Å². The highest BCUT2D eigenvalue weighted by Crippen LogP contribution is 2.30. The monoisotopic (exact) mass is 297 g/mol. The number of hydrogen-bond donors (Lipinski definition) is 5. The van der Waals surface area contributed by atoms with Crippen LogP contribution in [0.15, 0.2) is 17.9 Å². The summed E-state index contributed by atoms with van der Waals surface area (Å²) in [6.07, 6.45) is -0.0905. The predicted molar refractivity (Wildman–Crippen MR) is 80.5 cm³/mol. The van der Waals surface area contributed by atoms with E-state index in [0.29, 0.717) is 17.2 Å². The average molecular weight is 297 g/mol. The van der Waals surface area contributed by atoms with E-state index in [9.17, 15) is 15.3 Å². The van der Waals surface area contributed by atoms with Gasteiger partial charge >= 0.3 is 0 Å². The number of nitrogens with one attached hydrogen (secondary N) is 1. The Morgan fingerprint density at radius 1 is 1.48 bits per heavy atom. The quantitative estimate of drug-likeness (QED) is 0.516. The third-order valence-electron chi connectivity index (χ3n) is 3.31. The number of fused-ring (bicyclic) bond motifs is 1. The third kappa shape index (κ3) is 3.41. The van der Waals surface area contributed by atoms with Crippen molar-refractivity contribution in [3.05, 3.63) is 18.6 Å². The van der Waals surface area contributed by atoms with Crippen molar-refractivity contribution in [3.8, 4) is 0 Å². The van der Waals surface area contributed by atoms with Crippen molar-refractivity contribution in [2.75, 3.05) is 6.61 Å². The summed E-state index contributed by atoms with van der Waals surface area (Å²) in [6.45, 7) is 5.13. The van der Waals surface area contributed by atoms with Gasteiger partial charge in [-0.25, -0.2) is 4.98 Å². The molecule has 0 radical (unpaired) electrons. The normalized spacial score (nSPS) is 17.9. The second-order valence-electron chi connectivity index (χ2n) is 4.82. The zero-order valence-electron chi connectivity index (χ0n) is 11.2. The highest BCUT2D eigenvalue weighted by Gasteiger charge is 2.25. The third-order valence-corrected chi connectivity index (χ3v) is 3.31. The van der Waals surface area contributed by atoms with Crippen LogP contribution in [0.25, 0.3) is 5.70 Å². The minimum atomic E-state index is -0.972. The zero-order valence-corrected chi connectivity index (χ0v) is 11.2. The van der Waals surface area contributed by atoms with E-state index < -0.39 is 18.2 Å². The van der Waals surface area contributed by atoms with E-state index >= 15 is 0 Å². The minimum Gasteiger partial charge on any atom is -0.396 e. The van der Waals surface area contributed by atoms with Crippen LogP contribution in [0, 0.1) is 5.92 Å². The molecule has 0 saturated carbocycles. The molecule has 0 bridgehead atoms. The summed E-state index contributed by atoms with van der Waals surface area (Å²) in [6, 6.07) is 0. The lowest BCUT2D eigenvalue weighted by atomic mass is 10.00. The molecule has 0 spiro atoms.